The standard InChI is InChI=1S/C25H20FNO6S/c1-13-11-14(26)3-9-18(13)21(28)23-22(19-10-8-17(32-2)12-20(19)34-23)33-16-6-4-15(5-7-16)27-24(29)25(30)31/h3-12,24,27,29H,1-2H3,(H,30,31). The van der Waals surface area contributed by atoms with E-state index in [1.165, 1.54) is 29.5 Å². The quantitative estimate of drug-likeness (QED) is 0.235. The van der Waals surface area contributed by atoms with E-state index in [-0.39, 0.29) is 5.78 Å². The van der Waals surface area contributed by atoms with Gasteiger partial charge in [0.25, 0.3) is 0 Å². The smallest absolute Gasteiger partial charge is 0.353 e. The van der Waals surface area contributed by atoms with E-state index in [2.05, 4.69) is 5.32 Å². The molecule has 34 heavy (non-hydrogen) atoms. The lowest BCUT2D eigenvalue weighted by Gasteiger charge is -2.12. The molecule has 3 aromatic carbocycles. The van der Waals surface area contributed by atoms with Crippen LogP contribution in [0.25, 0.3) is 10.1 Å². The minimum Gasteiger partial charge on any atom is -0.497 e. The molecule has 0 spiro atoms. The molecule has 0 aliphatic heterocycles. The van der Waals surface area contributed by atoms with Gasteiger partial charge >= 0.3 is 5.97 Å². The SMILES string of the molecule is COc1ccc2c(Oc3ccc(NC(O)C(=O)O)cc3)c(C(=O)c3ccc(F)cc3C)sc2c1. The summed E-state index contributed by atoms with van der Waals surface area (Å²) in [5, 5.41) is 21.4. The number of methoxy groups -OCH3 is 1. The van der Waals surface area contributed by atoms with Gasteiger partial charge in [-0.05, 0) is 73.2 Å². The molecule has 1 aromatic heterocycles. The number of thiophene rings is 1. The van der Waals surface area contributed by atoms with Gasteiger partial charge in [0, 0.05) is 21.3 Å². The van der Waals surface area contributed by atoms with Crippen molar-refractivity contribution in [3.05, 3.63) is 82.5 Å². The molecular weight excluding hydrogens is 461 g/mol. The van der Waals surface area contributed by atoms with E-state index in [1.54, 1.807) is 50.4 Å². The molecule has 7 nitrogen and oxygen atoms in total. The van der Waals surface area contributed by atoms with E-state index in [4.69, 9.17) is 14.6 Å². The van der Waals surface area contributed by atoms with Crippen LogP contribution in [0.3, 0.4) is 0 Å². The van der Waals surface area contributed by atoms with E-state index >= 15 is 0 Å². The summed E-state index contributed by atoms with van der Waals surface area (Å²) in [5.74, 6) is -0.744. The first kappa shape index (κ1) is 23.2. The van der Waals surface area contributed by atoms with Gasteiger partial charge in [0.1, 0.15) is 22.2 Å². The molecule has 1 unspecified atom stereocenters. The molecule has 0 bridgehead atoms. The van der Waals surface area contributed by atoms with Gasteiger partial charge in [0.2, 0.25) is 12.0 Å². The first-order valence-electron chi connectivity index (χ1n) is 10.1. The molecule has 3 N–H and O–H groups in total. The van der Waals surface area contributed by atoms with E-state index in [0.29, 0.717) is 44.3 Å². The van der Waals surface area contributed by atoms with Gasteiger partial charge in [-0.25, -0.2) is 9.18 Å². The van der Waals surface area contributed by atoms with Crippen molar-refractivity contribution >= 4 is 38.9 Å². The van der Waals surface area contributed by atoms with Crippen LogP contribution in [0.2, 0.25) is 0 Å². The van der Waals surface area contributed by atoms with Gasteiger partial charge in [-0.2, -0.15) is 0 Å². The van der Waals surface area contributed by atoms with Crippen LogP contribution in [-0.2, 0) is 4.79 Å². The fourth-order valence-electron chi connectivity index (χ4n) is 3.39. The second-order valence-corrected chi connectivity index (χ2v) is 8.47. The lowest BCUT2D eigenvalue weighted by atomic mass is 10.0. The summed E-state index contributed by atoms with van der Waals surface area (Å²) in [6, 6.07) is 15.6. The van der Waals surface area contributed by atoms with Crippen molar-refractivity contribution in [1.29, 1.82) is 0 Å². The molecule has 4 aromatic rings. The van der Waals surface area contributed by atoms with Crippen molar-refractivity contribution in [1.82, 2.24) is 0 Å². The summed E-state index contributed by atoms with van der Waals surface area (Å²) >= 11 is 1.24. The molecule has 1 atom stereocenters. The number of hydrogen-bond donors (Lipinski definition) is 3. The molecule has 0 aliphatic carbocycles. The van der Waals surface area contributed by atoms with Crippen LogP contribution >= 0.6 is 11.3 Å². The number of fused-ring (bicyclic) bond motifs is 1. The van der Waals surface area contributed by atoms with Crippen molar-refractivity contribution in [2.24, 2.45) is 0 Å². The maximum atomic E-state index is 13.6. The number of aryl methyl sites for hydroxylation is 1. The lowest BCUT2D eigenvalue weighted by molar-refractivity contribution is -0.145. The fourth-order valence-corrected chi connectivity index (χ4v) is 4.50. The first-order valence-corrected chi connectivity index (χ1v) is 10.9. The maximum absolute atomic E-state index is 13.6. The van der Waals surface area contributed by atoms with Crippen LogP contribution in [0.4, 0.5) is 10.1 Å². The van der Waals surface area contributed by atoms with Crippen LogP contribution in [0, 0.1) is 12.7 Å². The van der Waals surface area contributed by atoms with Crippen LogP contribution in [0.15, 0.2) is 60.7 Å². The zero-order valence-electron chi connectivity index (χ0n) is 18.2. The predicted molar refractivity (Wildman–Crippen MR) is 127 cm³/mol. The normalized spacial score (nSPS) is 11.8. The number of aliphatic hydroxyl groups excluding tert-OH is 1. The molecule has 0 amide bonds. The molecular formula is C25H20FNO6S. The highest BCUT2D eigenvalue weighted by Gasteiger charge is 2.24. The zero-order valence-corrected chi connectivity index (χ0v) is 19.0. The maximum Gasteiger partial charge on any atom is 0.353 e. The Hall–Kier alpha value is -3.95. The molecule has 0 saturated carbocycles. The Morgan fingerprint density at radius 1 is 1.03 bits per heavy atom. The summed E-state index contributed by atoms with van der Waals surface area (Å²) < 4.78 is 25.8. The van der Waals surface area contributed by atoms with Crippen molar-refractivity contribution < 1.29 is 33.7 Å². The number of carbonyl (C=O) groups excluding carboxylic acids is 1. The van der Waals surface area contributed by atoms with Crippen molar-refractivity contribution in [3.8, 4) is 17.2 Å². The number of nitrogens with one attached hydrogen (secondary N) is 1. The molecule has 0 radical (unpaired) electrons. The Morgan fingerprint density at radius 3 is 2.38 bits per heavy atom. The number of aliphatic hydroxyl groups is 1. The number of halogens is 1. The van der Waals surface area contributed by atoms with Gasteiger partial charge < -0.3 is 25.0 Å². The highest BCUT2D eigenvalue weighted by molar-refractivity contribution is 7.21. The third kappa shape index (κ3) is 4.70. The predicted octanol–water partition coefficient (Wildman–Crippen LogP) is 5.20. The fraction of sp³-hybridized carbons (Fsp3) is 0.120. The summed E-state index contributed by atoms with van der Waals surface area (Å²) in [5.41, 5.74) is 1.26. The van der Waals surface area contributed by atoms with E-state index in [0.717, 1.165) is 4.70 Å². The van der Waals surface area contributed by atoms with E-state index < -0.39 is 18.0 Å². The number of anilines is 1. The van der Waals surface area contributed by atoms with Gasteiger partial charge in [-0.15, -0.1) is 11.3 Å². The monoisotopic (exact) mass is 481 g/mol. The van der Waals surface area contributed by atoms with Gasteiger partial charge in [-0.3, -0.25) is 4.79 Å². The number of carboxylic acid groups (broad SMARTS) is 1. The average molecular weight is 482 g/mol. The summed E-state index contributed by atoms with van der Waals surface area (Å²) in [7, 11) is 1.55. The van der Waals surface area contributed by atoms with Gasteiger partial charge in [-0.1, -0.05) is 0 Å². The number of aliphatic carboxylic acids is 1. The topological polar surface area (TPSA) is 105 Å². The van der Waals surface area contributed by atoms with E-state index in [9.17, 15) is 19.1 Å². The Balaban J connectivity index is 1.73. The minimum absolute atomic E-state index is 0.296. The molecule has 174 valence electrons. The van der Waals surface area contributed by atoms with E-state index in [1.807, 2.05) is 6.07 Å². The number of ketones is 1. The van der Waals surface area contributed by atoms with Crippen LogP contribution in [-0.4, -0.2) is 35.3 Å². The summed E-state index contributed by atoms with van der Waals surface area (Å²) in [6.07, 6.45) is -1.74. The number of ether oxygens (including phenoxy) is 2. The number of rotatable bonds is 8. The molecule has 0 fully saturated rings. The van der Waals surface area contributed by atoms with Crippen molar-refractivity contribution in [3.63, 3.8) is 0 Å². The highest BCUT2D eigenvalue weighted by Crippen LogP contribution is 2.43. The third-order valence-electron chi connectivity index (χ3n) is 5.10. The van der Waals surface area contributed by atoms with Crippen LogP contribution in [0.1, 0.15) is 20.8 Å². The first-order chi connectivity index (χ1) is 16.3. The largest absolute Gasteiger partial charge is 0.497 e. The second-order valence-electron chi connectivity index (χ2n) is 7.42. The summed E-state index contributed by atoms with van der Waals surface area (Å²) in [6.45, 7) is 1.67. The Bertz CT molecular complexity index is 1380. The van der Waals surface area contributed by atoms with Gasteiger partial charge in [0.15, 0.2) is 5.75 Å². The number of hydrogen-bond acceptors (Lipinski definition) is 7. The Labute approximate surface area is 198 Å². The molecule has 0 aliphatic rings. The third-order valence-corrected chi connectivity index (χ3v) is 6.24. The Morgan fingerprint density at radius 2 is 1.74 bits per heavy atom. The summed E-state index contributed by atoms with van der Waals surface area (Å²) in [4.78, 5) is 24.6. The van der Waals surface area contributed by atoms with Crippen LogP contribution < -0.4 is 14.8 Å². The van der Waals surface area contributed by atoms with Crippen molar-refractivity contribution in [2.45, 2.75) is 13.2 Å². The van der Waals surface area contributed by atoms with Gasteiger partial charge in [0.05, 0.1) is 7.11 Å². The Kier molecular flexibility index (Phi) is 6.49. The number of carboxylic acids is 1. The molecule has 4 rings (SSSR count). The molecule has 9 heteroatoms. The number of benzene rings is 3. The molecule has 1 heterocycles. The molecule has 0 saturated heterocycles. The average Bonchev–Trinajstić information content (AvgIpc) is 3.17. The minimum atomic E-state index is -1.74. The second kappa shape index (κ2) is 9.50. The van der Waals surface area contributed by atoms with Crippen LogP contribution in [0.5, 0.6) is 17.2 Å². The highest BCUT2D eigenvalue weighted by atomic mass is 32.1. The number of carbonyl (C=O) groups is 2. The lowest BCUT2D eigenvalue weighted by Crippen LogP contribution is -2.28. The van der Waals surface area contributed by atoms with Crippen molar-refractivity contribution in [2.75, 3.05) is 12.4 Å². The zero-order chi connectivity index (χ0) is 24.4.